The number of fused-ring (bicyclic) bond motifs is 1. The number of imidazole rings is 1. The first-order valence-electron chi connectivity index (χ1n) is 6.22. The van der Waals surface area contributed by atoms with E-state index in [9.17, 15) is 0 Å². The average Bonchev–Trinajstić information content (AvgIpc) is 3.03. The molecule has 2 heterocycles. The highest BCUT2D eigenvalue weighted by Crippen LogP contribution is 2.27. The quantitative estimate of drug-likeness (QED) is 0.693. The average molecular weight is 292 g/mol. The summed E-state index contributed by atoms with van der Waals surface area (Å²) in [6.45, 7) is 2.37. The van der Waals surface area contributed by atoms with Crippen LogP contribution >= 0.6 is 11.6 Å². The van der Waals surface area contributed by atoms with Crippen molar-refractivity contribution in [2.45, 2.75) is 19.3 Å². The summed E-state index contributed by atoms with van der Waals surface area (Å²) in [5.74, 6) is 3.24. The highest BCUT2D eigenvalue weighted by atomic mass is 35.5. The van der Waals surface area contributed by atoms with Gasteiger partial charge in [-0.1, -0.05) is 6.07 Å². The normalized spacial score (nSPS) is 11.2. The predicted molar refractivity (Wildman–Crippen MR) is 76.2 cm³/mol. The van der Waals surface area contributed by atoms with Crippen molar-refractivity contribution in [3.8, 4) is 5.75 Å². The monoisotopic (exact) mass is 291 g/mol. The Morgan fingerprint density at radius 2 is 2.25 bits per heavy atom. The predicted octanol–water partition coefficient (Wildman–Crippen LogP) is 3.13. The molecule has 0 aliphatic heterocycles. The molecule has 0 saturated carbocycles. The van der Waals surface area contributed by atoms with Crippen molar-refractivity contribution in [3.63, 3.8) is 0 Å². The fraction of sp³-hybridized carbons (Fsp3) is 0.286. The van der Waals surface area contributed by atoms with Gasteiger partial charge in [0.05, 0.1) is 24.7 Å². The summed E-state index contributed by atoms with van der Waals surface area (Å²) >= 11 is 6.00. The van der Waals surface area contributed by atoms with E-state index >= 15 is 0 Å². The van der Waals surface area contributed by atoms with Gasteiger partial charge in [0.2, 0.25) is 5.89 Å². The summed E-state index contributed by atoms with van der Waals surface area (Å²) in [6, 6.07) is 5.79. The van der Waals surface area contributed by atoms with Gasteiger partial charge in [-0.3, -0.25) is 0 Å². The Hall–Kier alpha value is -2.01. The molecule has 20 heavy (non-hydrogen) atoms. The maximum absolute atomic E-state index is 6.00. The molecule has 3 rings (SSSR count). The standard InChI is InChI=1S/C14H14ClN3O2/c1-9-7-16-13(20-9)8-18-10-4-3-5-11(19-2)14(10)17-12(18)6-15/h3-5,7H,6,8H2,1-2H3. The third kappa shape index (κ3) is 2.14. The van der Waals surface area contributed by atoms with Crippen LogP contribution in [0.1, 0.15) is 17.5 Å². The number of oxazole rings is 1. The van der Waals surface area contributed by atoms with E-state index in [4.69, 9.17) is 20.8 Å². The van der Waals surface area contributed by atoms with Gasteiger partial charge < -0.3 is 13.7 Å². The van der Waals surface area contributed by atoms with Crippen LogP contribution in [0.3, 0.4) is 0 Å². The number of nitrogens with zero attached hydrogens (tertiary/aromatic N) is 3. The smallest absolute Gasteiger partial charge is 0.214 e. The second-order valence-electron chi connectivity index (χ2n) is 4.44. The van der Waals surface area contributed by atoms with E-state index in [1.807, 2.05) is 29.7 Å². The Labute approximate surface area is 121 Å². The Balaban J connectivity index is 2.13. The molecule has 2 aromatic heterocycles. The topological polar surface area (TPSA) is 53.1 Å². The zero-order chi connectivity index (χ0) is 14.1. The Bertz CT molecular complexity index is 748. The third-order valence-electron chi connectivity index (χ3n) is 3.12. The van der Waals surface area contributed by atoms with E-state index in [2.05, 4.69) is 9.97 Å². The number of ether oxygens (including phenoxy) is 1. The zero-order valence-corrected chi connectivity index (χ0v) is 12.0. The largest absolute Gasteiger partial charge is 0.494 e. The SMILES string of the molecule is COc1cccc2c1nc(CCl)n2Cc1ncc(C)o1. The fourth-order valence-electron chi connectivity index (χ4n) is 2.22. The van der Waals surface area contributed by atoms with Gasteiger partial charge in [-0.05, 0) is 19.1 Å². The zero-order valence-electron chi connectivity index (χ0n) is 11.3. The van der Waals surface area contributed by atoms with Crippen LogP contribution in [0.5, 0.6) is 5.75 Å². The number of aryl methyl sites for hydroxylation is 1. The van der Waals surface area contributed by atoms with Gasteiger partial charge in [0, 0.05) is 0 Å². The minimum absolute atomic E-state index is 0.317. The number of aromatic nitrogens is 3. The molecule has 0 bridgehead atoms. The van der Waals surface area contributed by atoms with E-state index in [1.54, 1.807) is 13.3 Å². The summed E-state index contributed by atoms with van der Waals surface area (Å²) in [5.41, 5.74) is 1.75. The molecule has 6 heteroatoms. The molecule has 0 aliphatic rings. The van der Waals surface area contributed by atoms with E-state index in [1.165, 1.54) is 0 Å². The second-order valence-corrected chi connectivity index (χ2v) is 4.71. The van der Waals surface area contributed by atoms with Crippen molar-refractivity contribution in [1.82, 2.24) is 14.5 Å². The van der Waals surface area contributed by atoms with E-state index in [0.29, 0.717) is 18.3 Å². The lowest BCUT2D eigenvalue weighted by molar-refractivity contribution is 0.419. The maximum Gasteiger partial charge on any atom is 0.214 e. The van der Waals surface area contributed by atoms with Crippen LogP contribution in [0.15, 0.2) is 28.8 Å². The number of methoxy groups -OCH3 is 1. The molecular formula is C14H14ClN3O2. The Morgan fingerprint density at radius 3 is 2.90 bits per heavy atom. The van der Waals surface area contributed by atoms with E-state index in [-0.39, 0.29) is 0 Å². The number of rotatable bonds is 4. The molecule has 0 spiro atoms. The Morgan fingerprint density at radius 1 is 1.40 bits per heavy atom. The lowest BCUT2D eigenvalue weighted by Gasteiger charge is -2.05. The van der Waals surface area contributed by atoms with Crippen molar-refractivity contribution >= 4 is 22.6 Å². The molecular weight excluding hydrogens is 278 g/mol. The number of halogens is 1. The molecule has 104 valence electrons. The molecule has 0 fully saturated rings. The molecule has 0 unspecified atom stereocenters. The number of alkyl halides is 1. The minimum Gasteiger partial charge on any atom is -0.494 e. The fourth-order valence-corrected chi connectivity index (χ4v) is 2.43. The highest BCUT2D eigenvalue weighted by molar-refractivity contribution is 6.16. The van der Waals surface area contributed by atoms with Crippen LogP contribution < -0.4 is 4.74 Å². The Kier molecular flexibility index (Phi) is 3.36. The lowest BCUT2D eigenvalue weighted by Crippen LogP contribution is -2.04. The van der Waals surface area contributed by atoms with Crippen LogP contribution in [0.2, 0.25) is 0 Å². The molecule has 0 aliphatic carbocycles. The molecule has 0 radical (unpaired) electrons. The van der Waals surface area contributed by atoms with E-state index in [0.717, 1.165) is 28.4 Å². The second kappa shape index (κ2) is 5.17. The van der Waals surface area contributed by atoms with Crippen LogP contribution in [0.25, 0.3) is 11.0 Å². The summed E-state index contributed by atoms with van der Waals surface area (Å²) in [6.07, 6.45) is 1.70. The van der Waals surface area contributed by atoms with E-state index < -0.39 is 0 Å². The summed E-state index contributed by atoms with van der Waals surface area (Å²) in [5, 5.41) is 0. The van der Waals surface area contributed by atoms with Crippen LogP contribution in [0.4, 0.5) is 0 Å². The van der Waals surface area contributed by atoms with Gasteiger partial charge in [0.15, 0.2) is 0 Å². The lowest BCUT2D eigenvalue weighted by atomic mass is 10.3. The molecule has 0 N–H and O–H groups in total. The van der Waals surface area contributed by atoms with Crippen LogP contribution in [-0.2, 0) is 12.4 Å². The summed E-state index contributed by atoms with van der Waals surface area (Å²) < 4.78 is 12.9. The highest BCUT2D eigenvalue weighted by Gasteiger charge is 2.15. The van der Waals surface area contributed by atoms with Crippen molar-refractivity contribution in [2.75, 3.05) is 7.11 Å². The maximum atomic E-state index is 6.00. The van der Waals surface area contributed by atoms with Crippen molar-refractivity contribution in [1.29, 1.82) is 0 Å². The van der Waals surface area contributed by atoms with Gasteiger partial charge >= 0.3 is 0 Å². The van der Waals surface area contributed by atoms with Crippen molar-refractivity contribution in [2.24, 2.45) is 0 Å². The van der Waals surface area contributed by atoms with Crippen LogP contribution in [-0.4, -0.2) is 21.6 Å². The molecule has 5 nitrogen and oxygen atoms in total. The first-order chi connectivity index (χ1) is 9.72. The van der Waals surface area contributed by atoms with Gasteiger partial charge in [0.25, 0.3) is 0 Å². The number of hydrogen-bond donors (Lipinski definition) is 0. The van der Waals surface area contributed by atoms with Gasteiger partial charge in [-0.2, -0.15) is 0 Å². The molecule has 3 aromatic rings. The van der Waals surface area contributed by atoms with Crippen molar-refractivity contribution in [3.05, 3.63) is 41.9 Å². The summed E-state index contributed by atoms with van der Waals surface area (Å²) in [7, 11) is 1.63. The van der Waals surface area contributed by atoms with Gasteiger partial charge in [0.1, 0.15) is 29.4 Å². The van der Waals surface area contributed by atoms with Crippen molar-refractivity contribution < 1.29 is 9.15 Å². The number of hydrogen-bond acceptors (Lipinski definition) is 4. The molecule has 0 saturated heterocycles. The molecule has 0 amide bonds. The first kappa shape index (κ1) is 13.0. The molecule has 1 aromatic carbocycles. The van der Waals surface area contributed by atoms with Gasteiger partial charge in [-0.25, -0.2) is 9.97 Å². The van der Waals surface area contributed by atoms with Crippen LogP contribution in [0, 0.1) is 6.92 Å². The number of benzene rings is 1. The first-order valence-corrected chi connectivity index (χ1v) is 6.75. The third-order valence-corrected chi connectivity index (χ3v) is 3.36. The number of para-hydroxylation sites is 1. The molecule has 0 atom stereocenters. The van der Waals surface area contributed by atoms with Gasteiger partial charge in [-0.15, -0.1) is 11.6 Å². The minimum atomic E-state index is 0.317. The summed E-state index contributed by atoms with van der Waals surface area (Å²) in [4.78, 5) is 8.77.